The van der Waals surface area contributed by atoms with Crippen LogP contribution in [-0.4, -0.2) is 17.0 Å². The number of nitrogens with one attached hydrogen (secondary N) is 1. The van der Waals surface area contributed by atoms with Gasteiger partial charge in [0.05, 0.1) is 16.4 Å². The highest BCUT2D eigenvalue weighted by atomic mass is 35.5. The lowest BCUT2D eigenvalue weighted by Crippen LogP contribution is -2.31. The first-order valence-corrected chi connectivity index (χ1v) is 8.63. The Bertz CT molecular complexity index is 458. The van der Waals surface area contributed by atoms with E-state index < -0.39 is 0 Å². The summed E-state index contributed by atoms with van der Waals surface area (Å²) in [6, 6.07) is 4.93. The van der Waals surface area contributed by atoms with Gasteiger partial charge < -0.3 is 5.32 Å². The van der Waals surface area contributed by atoms with Crippen molar-refractivity contribution < 1.29 is 0 Å². The Morgan fingerprint density at radius 3 is 3.11 bits per heavy atom. The molecule has 0 saturated heterocycles. The van der Waals surface area contributed by atoms with Crippen molar-refractivity contribution in [2.45, 2.75) is 38.3 Å². The molecule has 1 aromatic heterocycles. The second-order valence-electron chi connectivity index (χ2n) is 5.01. The second kappa shape index (κ2) is 5.43. The van der Waals surface area contributed by atoms with Gasteiger partial charge in [-0.15, -0.1) is 11.3 Å². The van der Waals surface area contributed by atoms with Gasteiger partial charge in [-0.25, -0.2) is 0 Å². The van der Waals surface area contributed by atoms with Gasteiger partial charge in [0.2, 0.25) is 0 Å². The maximum atomic E-state index is 5.98. The molecule has 3 unspecified atom stereocenters. The van der Waals surface area contributed by atoms with E-state index in [0.717, 1.165) is 15.4 Å². The Morgan fingerprint density at radius 2 is 2.33 bits per heavy atom. The normalized spacial score (nSPS) is 28.7. The largest absolute Gasteiger partial charge is 0.358 e. The fraction of sp³-hybridized carbons (Fsp3) is 0.615. The molecule has 0 bridgehead atoms. The van der Waals surface area contributed by atoms with Crippen LogP contribution < -0.4 is 5.32 Å². The Hall–Kier alpha value is -0.190. The topological polar surface area (TPSA) is 24.4 Å². The molecule has 98 valence electrons. The molecule has 1 aliphatic carbocycles. The summed E-state index contributed by atoms with van der Waals surface area (Å²) in [6.07, 6.45) is 3.99. The van der Waals surface area contributed by atoms with Gasteiger partial charge in [0.25, 0.3) is 0 Å². The van der Waals surface area contributed by atoms with Gasteiger partial charge in [-0.1, -0.05) is 29.8 Å². The van der Waals surface area contributed by atoms with Crippen molar-refractivity contribution in [2.24, 2.45) is 10.9 Å². The van der Waals surface area contributed by atoms with Crippen LogP contribution >= 0.6 is 34.7 Å². The quantitative estimate of drug-likeness (QED) is 0.879. The Balaban J connectivity index is 1.66. The van der Waals surface area contributed by atoms with Crippen LogP contribution in [0.5, 0.6) is 0 Å². The number of rotatable bonds is 2. The Labute approximate surface area is 121 Å². The third kappa shape index (κ3) is 2.70. The number of hydrogen-bond donors (Lipinski definition) is 1. The molecule has 1 N–H and O–H groups in total. The van der Waals surface area contributed by atoms with E-state index >= 15 is 0 Å². The smallest absolute Gasteiger partial charge is 0.157 e. The SMILES string of the molecule is CC(NC1=NC2CCCC2CS1)c1ccc(Cl)s1. The number of halogens is 1. The predicted molar refractivity (Wildman–Crippen MR) is 81.9 cm³/mol. The summed E-state index contributed by atoms with van der Waals surface area (Å²) in [6.45, 7) is 2.17. The molecule has 5 heteroatoms. The Morgan fingerprint density at radius 1 is 1.44 bits per heavy atom. The third-order valence-corrected chi connectivity index (χ3v) is 6.20. The summed E-state index contributed by atoms with van der Waals surface area (Å²) in [4.78, 5) is 6.13. The summed E-state index contributed by atoms with van der Waals surface area (Å²) >= 11 is 9.50. The van der Waals surface area contributed by atoms with Gasteiger partial charge >= 0.3 is 0 Å². The molecule has 2 heterocycles. The molecule has 0 aromatic carbocycles. The first-order valence-electron chi connectivity index (χ1n) is 6.45. The highest BCUT2D eigenvalue weighted by Crippen LogP contribution is 2.35. The second-order valence-corrected chi connectivity index (χ2v) is 7.77. The van der Waals surface area contributed by atoms with Crippen LogP contribution in [-0.2, 0) is 0 Å². The van der Waals surface area contributed by atoms with Crippen molar-refractivity contribution >= 4 is 39.9 Å². The molecule has 0 spiro atoms. The van der Waals surface area contributed by atoms with Gasteiger partial charge in [-0.2, -0.15) is 0 Å². The van der Waals surface area contributed by atoms with E-state index in [2.05, 4.69) is 18.3 Å². The van der Waals surface area contributed by atoms with E-state index in [0.29, 0.717) is 12.1 Å². The van der Waals surface area contributed by atoms with Crippen LogP contribution in [0.1, 0.15) is 37.1 Å². The van der Waals surface area contributed by atoms with Crippen molar-refractivity contribution in [3.63, 3.8) is 0 Å². The fourth-order valence-electron chi connectivity index (χ4n) is 2.65. The van der Waals surface area contributed by atoms with E-state index in [-0.39, 0.29) is 0 Å². The van der Waals surface area contributed by atoms with Crippen molar-refractivity contribution in [3.8, 4) is 0 Å². The molecule has 3 rings (SSSR count). The van der Waals surface area contributed by atoms with E-state index in [4.69, 9.17) is 16.6 Å². The standard InChI is InChI=1S/C13H17ClN2S2/c1-8(11-5-6-12(14)18-11)15-13-16-10-4-2-3-9(10)7-17-13/h5-6,8-10H,2-4,7H2,1H3,(H,15,16). The minimum Gasteiger partial charge on any atom is -0.358 e. The van der Waals surface area contributed by atoms with Gasteiger partial charge in [0.15, 0.2) is 5.17 Å². The lowest BCUT2D eigenvalue weighted by molar-refractivity contribution is 0.531. The van der Waals surface area contributed by atoms with Gasteiger partial charge in [0, 0.05) is 10.6 Å². The van der Waals surface area contributed by atoms with E-state index in [9.17, 15) is 0 Å². The molecular formula is C13H17ClN2S2. The number of aliphatic imine (C=N–C) groups is 1. The number of amidine groups is 1. The van der Waals surface area contributed by atoms with Crippen LogP contribution in [0.25, 0.3) is 0 Å². The van der Waals surface area contributed by atoms with Crippen LogP contribution in [0.3, 0.4) is 0 Å². The molecule has 2 aliphatic rings. The van der Waals surface area contributed by atoms with E-state index in [1.807, 2.05) is 17.8 Å². The molecule has 1 fully saturated rings. The third-order valence-electron chi connectivity index (χ3n) is 3.70. The molecule has 1 aromatic rings. The van der Waals surface area contributed by atoms with Crippen molar-refractivity contribution in [1.29, 1.82) is 0 Å². The molecular weight excluding hydrogens is 284 g/mol. The van der Waals surface area contributed by atoms with Crippen LogP contribution in [0, 0.1) is 5.92 Å². The summed E-state index contributed by atoms with van der Waals surface area (Å²) in [5.74, 6) is 2.06. The average molecular weight is 301 g/mol. The predicted octanol–water partition coefficient (Wildman–Crippen LogP) is 4.32. The van der Waals surface area contributed by atoms with Crippen molar-refractivity contribution in [3.05, 3.63) is 21.3 Å². The number of thioether (sulfide) groups is 1. The van der Waals surface area contributed by atoms with Crippen molar-refractivity contribution in [1.82, 2.24) is 5.32 Å². The number of fused-ring (bicyclic) bond motifs is 1. The van der Waals surface area contributed by atoms with Crippen LogP contribution in [0.15, 0.2) is 17.1 Å². The Kier molecular flexibility index (Phi) is 3.87. The lowest BCUT2D eigenvalue weighted by atomic mass is 10.1. The molecule has 3 atom stereocenters. The van der Waals surface area contributed by atoms with Crippen LogP contribution in [0.2, 0.25) is 4.34 Å². The zero-order valence-corrected chi connectivity index (χ0v) is 12.7. The molecule has 18 heavy (non-hydrogen) atoms. The maximum absolute atomic E-state index is 5.98. The van der Waals surface area contributed by atoms with Gasteiger partial charge in [0.1, 0.15) is 0 Å². The molecule has 1 saturated carbocycles. The van der Waals surface area contributed by atoms with Gasteiger partial charge in [-0.3, -0.25) is 4.99 Å². The molecule has 1 aliphatic heterocycles. The van der Waals surface area contributed by atoms with Gasteiger partial charge in [-0.05, 0) is 37.8 Å². The molecule has 0 radical (unpaired) electrons. The minimum atomic E-state index is 0.298. The summed E-state index contributed by atoms with van der Waals surface area (Å²) < 4.78 is 0.854. The number of hydrogen-bond acceptors (Lipinski definition) is 4. The molecule has 2 nitrogen and oxygen atoms in total. The summed E-state index contributed by atoms with van der Waals surface area (Å²) in [5, 5.41) is 4.65. The average Bonchev–Trinajstić information content (AvgIpc) is 2.96. The van der Waals surface area contributed by atoms with E-state index in [1.165, 1.54) is 29.9 Å². The zero-order chi connectivity index (χ0) is 12.5. The molecule has 0 amide bonds. The maximum Gasteiger partial charge on any atom is 0.157 e. The van der Waals surface area contributed by atoms with E-state index in [1.54, 1.807) is 11.3 Å². The van der Waals surface area contributed by atoms with Crippen molar-refractivity contribution in [2.75, 3.05) is 5.75 Å². The fourth-order valence-corrected chi connectivity index (χ4v) is 4.95. The summed E-state index contributed by atoms with van der Waals surface area (Å²) in [7, 11) is 0. The monoisotopic (exact) mass is 300 g/mol. The highest BCUT2D eigenvalue weighted by Gasteiger charge is 2.31. The lowest BCUT2D eigenvalue weighted by Gasteiger charge is -2.25. The highest BCUT2D eigenvalue weighted by molar-refractivity contribution is 8.13. The number of thiophene rings is 1. The summed E-state index contributed by atoms with van der Waals surface area (Å²) in [5.41, 5.74) is 0. The minimum absolute atomic E-state index is 0.298. The zero-order valence-electron chi connectivity index (χ0n) is 10.4. The van der Waals surface area contributed by atoms with Crippen LogP contribution in [0.4, 0.5) is 0 Å². The first-order chi connectivity index (χ1) is 8.72. The number of nitrogens with zero attached hydrogens (tertiary/aromatic N) is 1. The first kappa shape index (κ1) is 12.8.